The fraction of sp³-hybridized carbons (Fsp3) is 0. The molecule has 0 N–H and O–H groups in total. The van der Waals surface area contributed by atoms with Crippen LogP contribution in [0.1, 0.15) is 5.56 Å². The minimum absolute atomic E-state index is 0.669. The highest BCUT2D eigenvalue weighted by molar-refractivity contribution is 5.62. The second kappa shape index (κ2) is 3.71. The lowest BCUT2D eigenvalue weighted by Gasteiger charge is -1.99. The summed E-state index contributed by atoms with van der Waals surface area (Å²) in [6.45, 7) is 0. The summed E-state index contributed by atoms with van der Waals surface area (Å²) < 4.78 is 0. The van der Waals surface area contributed by atoms with Gasteiger partial charge in [0, 0.05) is 18.5 Å². The lowest BCUT2D eigenvalue weighted by molar-refractivity contribution is 1.32. The largest absolute Gasteiger partial charge is 0.264 e. The van der Waals surface area contributed by atoms with Crippen LogP contribution < -0.4 is 0 Å². The molecule has 2 nitrogen and oxygen atoms in total. The summed E-state index contributed by atoms with van der Waals surface area (Å²) >= 11 is 0. The lowest BCUT2D eigenvalue weighted by atomic mass is 10.1. The molecule has 0 unspecified atom stereocenters. The Hall–Kier alpha value is -2.14. The van der Waals surface area contributed by atoms with Gasteiger partial charge >= 0.3 is 0 Å². The Balaban J connectivity index is 2.40. The number of nitriles is 1. The number of hydrogen-bond donors (Lipinski definition) is 0. The summed E-state index contributed by atoms with van der Waals surface area (Å²) in [7, 11) is 0. The van der Waals surface area contributed by atoms with Crippen LogP contribution in [0.15, 0.2) is 42.7 Å². The zero-order valence-electron chi connectivity index (χ0n) is 7.44. The van der Waals surface area contributed by atoms with E-state index in [-0.39, 0.29) is 0 Å². The number of hydrogen-bond acceptors (Lipinski definition) is 2. The Bertz CT molecular complexity index is 452. The van der Waals surface area contributed by atoms with E-state index in [2.05, 4.69) is 17.1 Å². The maximum Gasteiger partial charge on any atom is 0.0991 e. The zero-order chi connectivity index (χ0) is 9.80. The average molecular weight is 179 g/mol. The molecule has 0 aliphatic carbocycles. The van der Waals surface area contributed by atoms with Crippen LogP contribution in [0, 0.1) is 17.4 Å². The van der Waals surface area contributed by atoms with Gasteiger partial charge in [-0.05, 0) is 29.3 Å². The van der Waals surface area contributed by atoms with Crippen molar-refractivity contribution < 1.29 is 0 Å². The average Bonchev–Trinajstić information content (AvgIpc) is 2.30. The molecule has 0 saturated carbocycles. The van der Waals surface area contributed by atoms with Crippen molar-refractivity contribution >= 4 is 0 Å². The van der Waals surface area contributed by atoms with Gasteiger partial charge in [-0.3, -0.25) is 4.98 Å². The maximum absolute atomic E-state index is 8.63. The van der Waals surface area contributed by atoms with Gasteiger partial charge in [0.25, 0.3) is 0 Å². The van der Waals surface area contributed by atoms with E-state index < -0.39 is 0 Å². The Morgan fingerprint density at radius 2 is 1.93 bits per heavy atom. The van der Waals surface area contributed by atoms with E-state index in [4.69, 9.17) is 5.26 Å². The second-order valence-electron chi connectivity index (χ2n) is 2.84. The lowest BCUT2D eigenvalue weighted by Crippen LogP contribution is -1.79. The summed E-state index contributed by atoms with van der Waals surface area (Å²) in [5.74, 6) is 0. The van der Waals surface area contributed by atoms with Crippen LogP contribution in [-0.2, 0) is 0 Å². The Kier molecular flexibility index (Phi) is 2.24. The van der Waals surface area contributed by atoms with Gasteiger partial charge in [-0.25, -0.2) is 0 Å². The van der Waals surface area contributed by atoms with Gasteiger partial charge in [-0.2, -0.15) is 5.26 Å². The summed E-state index contributed by atoms with van der Waals surface area (Å²) in [5, 5.41) is 8.63. The molecule has 2 rings (SSSR count). The molecule has 0 spiro atoms. The van der Waals surface area contributed by atoms with Gasteiger partial charge in [-0.15, -0.1) is 0 Å². The molecule has 14 heavy (non-hydrogen) atoms. The van der Waals surface area contributed by atoms with Gasteiger partial charge in [0.15, 0.2) is 0 Å². The molecule has 2 heteroatoms. The number of pyridine rings is 1. The third-order valence-electron chi connectivity index (χ3n) is 1.95. The van der Waals surface area contributed by atoms with Crippen molar-refractivity contribution in [3.8, 4) is 17.2 Å². The third-order valence-corrected chi connectivity index (χ3v) is 1.95. The van der Waals surface area contributed by atoms with E-state index in [0.717, 1.165) is 11.1 Å². The van der Waals surface area contributed by atoms with Crippen LogP contribution >= 0.6 is 0 Å². The summed E-state index contributed by atoms with van der Waals surface area (Å²) in [5.41, 5.74) is 2.71. The molecule has 0 saturated heterocycles. The first kappa shape index (κ1) is 8.46. The predicted octanol–water partition coefficient (Wildman–Crippen LogP) is 2.42. The molecule has 65 valence electrons. The minimum Gasteiger partial charge on any atom is -0.264 e. The van der Waals surface area contributed by atoms with Crippen molar-refractivity contribution in [3.05, 3.63) is 54.4 Å². The molecular formula is C12H7N2. The predicted molar refractivity (Wildman–Crippen MR) is 53.2 cm³/mol. The smallest absolute Gasteiger partial charge is 0.0991 e. The molecule has 1 radical (unpaired) electrons. The van der Waals surface area contributed by atoms with E-state index in [0.29, 0.717) is 5.56 Å². The molecule has 0 aliphatic heterocycles. The first-order valence-electron chi connectivity index (χ1n) is 4.22. The molecule has 0 atom stereocenters. The molecule has 1 aromatic carbocycles. The van der Waals surface area contributed by atoms with E-state index in [1.165, 1.54) is 0 Å². The van der Waals surface area contributed by atoms with Gasteiger partial charge in [0.1, 0.15) is 0 Å². The van der Waals surface area contributed by atoms with Crippen LogP contribution in [0.25, 0.3) is 11.1 Å². The van der Waals surface area contributed by atoms with Crippen molar-refractivity contribution in [2.45, 2.75) is 0 Å². The van der Waals surface area contributed by atoms with E-state index >= 15 is 0 Å². The quantitative estimate of drug-likeness (QED) is 0.674. The van der Waals surface area contributed by atoms with E-state index in [1.807, 2.05) is 18.2 Å². The first-order chi connectivity index (χ1) is 6.90. The van der Waals surface area contributed by atoms with Crippen LogP contribution in [0.3, 0.4) is 0 Å². The highest BCUT2D eigenvalue weighted by Gasteiger charge is 1.96. The number of aromatic nitrogens is 1. The molecule has 0 aliphatic rings. The Morgan fingerprint density at radius 1 is 1.14 bits per heavy atom. The van der Waals surface area contributed by atoms with Crippen molar-refractivity contribution in [2.75, 3.05) is 0 Å². The Morgan fingerprint density at radius 3 is 2.50 bits per heavy atom. The van der Waals surface area contributed by atoms with Crippen LogP contribution in [0.5, 0.6) is 0 Å². The maximum atomic E-state index is 8.63. The SMILES string of the molecule is N#Cc1ccc(-c2[c]cncc2)cc1. The summed E-state index contributed by atoms with van der Waals surface area (Å²) in [6, 6.07) is 14.4. The van der Waals surface area contributed by atoms with E-state index in [1.54, 1.807) is 24.5 Å². The third kappa shape index (κ3) is 1.62. The molecule has 1 heterocycles. The van der Waals surface area contributed by atoms with Gasteiger partial charge in [0.2, 0.25) is 0 Å². The molecule has 0 bridgehead atoms. The summed E-state index contributed by atoms with van der Waals surface area (Å²) in [4.78, 5) is 3.90. The van der Waals surface area contributed by atoms with Crippen LogP contribution in [0.4, 0.5) is 0 Å². The normalized spacial score (nSPS) is 9.36. The van der Waals surface area contributed by atoms with Gasteiger partial charge in [0.05, 0.1) is 11.6 Å². The minimum atomic E-state index is 0.669. The zero-order valence-corrected chi connectivity index (χ0v) is 7.44. The highest BCUT2D eigenvalue weighted by atomic mass is 14.6. The topological polar surface area (TPSA) is 36.7 Å². The highest BCUT2D eigenvalue weighted by Crippen LogP contribution is 2.17. The van der Waals surface area contributed by atoms with Crippen LogP contribution in [-0.4, -0.2) is 4.98 Å². The molecular weight excluding hydrogens is 172 g/mol. The first-order valence-corrected chi connectivity index (χ1v) is 4.22. The fourth-order valence-electron chi connectivity index (χ4n) is 1.22. The summed E-state index contributed by atoms with van der Waals surface area (Å²) in [6.07, 6.45) is 3.36. The molecule has 1 aromatic heterocycles. The molecule has 0 amide bonds. The number of benzene rings is 1. The van der Waals surface area contributed by atoms with Crippen molar-refractivity contribution in [1.82, 2.24) is 4.98 Å². The monoisotopic (exact) mass is 179 g/mol. The van der Waals surface area contributed by atoms with Gasteiger partial charge < -0.3 is 0 Å². The number of nitrogens with zero attached hydrogens (tertiary/aromatic N) is 2. The standard InChI is InChI=1S/C12H7N2/c13-9-10-1-3-11(4-2-10)12-5-7-14-8-6-12/h1-5,7-8H. The van der Waals surface area contributed by atoms with Gasteiger partial charge in [-0.1, -0.05) is 12.1 Å². The molecule has 0 fully saturated rings. The fourth-order valence-corrected chi connectivity index (χ4v) is 1.22. The van der Waals surface area contributed by atoms with Crippen LogP contribution in [0.2, 0.25) is 0 Å². The second-order valence-corrected chi connectivity index (χ2v) is 2.84. The Labute approximate surface area is 82.5 Å². The number of rotatable bonds is 1. The van der Waals surface area contributed by atoms with E-state index in [9.17, 15) is 0 Å². The molecule has 2 aromatic rings. The van der Waals surface area contributed by atoms with Crippen molar-refractivity contribution in [3.63, 3.8) is 0 Å². The van der Waals surface area contributed by atoms with Crippen molar-refractivity contribution in [2.24, 2.45) is 0 Å². The van der Waals surface area contributed by atoms with Crippen molar-refractivity contribution in [1.29, 1.82) is 5.26 Å².